The molecule has 0 fully saturated rings. The molecular formula is C14H21NOSi. The second kappa shape index (κ2) is 4.93. The van der Waals surface area contributed by atoms with E-state index in [-0.39, 0.29) is 5.04 Å². The zero-order valence-corrected chi connectivity index (χ0v) is 12.4. The Morgan fingerprint density at radius 1 is 1.24 bits per heavy atom. The van der Waals surface area contributed by atoms with E-state index in [0.29, 0.717) is 6.42 Å². The van der Waals surface area contributed by atoms with Crippen molar-refractivity contribution in [1.29, 1.82) is 5.26 Å². The topological polar surface area (TPSA) is 33.0 Å². The molecule has 0 atom stereocenters. The van der Waals surface area contributed by atoms with Crippen molar-refractivity contribution in [3.63, 3.8) is 0 Å². The van der Waals surface area contributed by atoms with E-state index < -0.39 is 8.32 Å². The third-order valence-electron chi connectivity index (χ3n) is 3.41. The van der Waals surface area contributed by atoms with E-state index in [0.717, 1.165) is 11.3 Å². The molecule has 0 unspecified atom stereocenters. The molecule has 1 aromatic carbocycles. The van der Waals surface area contributed by atoms with Crippen LogP contribution >= 0.6 is 0 Å². The van der Waals surface area contributed by atoms with Crippen LogP contribution in [0, 0.1) is 11.3 Å². The molecule has 0 saturated heterocycles. The maximum atomic E-state index is 8.81. The molecule has 1 aromatic rings. The first-order chi connectivity index (χ1) is 7.78. The van der Waals surface area contributed by atoms with Crippen LogP contribution in [0.1, 0.15) is 26.3 Å². The van der Waals surface area contributed by atoms with Gasteiger partial charge in [-0.2, -0.15) is 5.26 Å². The zero-order valence-electron chi connectivity index (χ0n) is 11.4. The lowest BCUT2D eigenvalue weighted by molar-refractivity contribution is 0.488. The molecular weight excluding hydrogens is 226 g/mol. The van der Waals surface area contributed by atoms with Crippen LogP contribution in [0.25, 0.3) is 0 Å². The molecule has 17 heavy (non-hydrogen) atoms. The first-order valence-electron chi connectivity index (χ1n) is 5.92. The maximum absolute atomic E-state index is 8.81. The molecule has 92 valence electrons. The molecule has 0 aromatic heterocycles. The maximum Gasteiger partial charge on any atom is 0.250 e. The minimum atomic E-state index is -1.82. The smallest absolute Gasteiger partial charge is 0.250 e. The quantitative estimate of drug-likeness (QED) is 0.752. The van der Waals surface area contributed by atoms with Crippen LogP contribution in [0.2, 0.25) is 18.1 Å². The molecule has 0 aliphatic carbocycles. The standard InChI is InChI=1S/C14H21NOSi/c1-14(2,3)17(4,5)16-13-9-7-6-8-12(13)10-11-15/h6-9H,10H2,1-5H3. The number of para-hydroxylation sites is 1. The minimum Gasteiger partial charge on any atom is -0.543 e. The van der Waals surface area contributed by atoms with Crippen molar-refractivity contribution in [2.45, 2.75) is 45.3 Å². The summed E-state index contributed by atoms with van der Waals surface area (Å²) in [6.07, 6.45) is 0.408. The average Bonchev–Trinajstić information content (AvgIpc) is 2.19. The number of hydrogen-bond acceptors (Lipinski definition) is 2. The molecule has 0 aliphatic heterocycles. The Bertz CT molecular complexity index is 427. The van der Waals surface area contributed by atoms with Crippen LogP contribution in [-0.2, 0) is 6.42 Å². The first-order valence-corrected chi connectivity index (χ1v) is 8.82. The summed E-state index contributed by atoms with van der Waals surface area (Å²) in [5, 5.41) is 8.98. The summed E-state index contributed by atoms with van der Waals surface area (Å²) >= 11 is 0. The highest BCUT2D eigenvalue weighted by Crippen LogP contribution is 2.38. The Morgan fingerprint density at radius 3 is 2.35 bits per heavy atom. The van der Waals surface area contributed by atoms with Gasteiger partial charge in [-0.25, -0.2) is 0 Å². The van der Waals surface area contributed by atoms with Crippen molar-refractivity contribution in [1.82, 2.24) is 0 Å². The van der Waals surface area contributed by atoms with Crippen LogP contribution in [0.5, 0.6) is 5.75 Å². The fourth-order valence-corrected chi connectivity index (χ4v) is 2.32. The highest BCUT2D eigenvalue weighted by atomic mass is 28.4. The summed E-state index contributed by atoms with van der Waals surface area (Å²) in [6, 6.07) is 10.0. The number of benzene rings is 1. The highest BCUT2D eigenvalue weighted by molar-refractivity contribution is 6.74. The monoisotopic (exact) mass is 247 g/mol. The lowest BCUT2D eigenvalue weighted by Gasteiger charge is -2.37. The van der Waals surface area contributed by atoms with E-state index in [2.05, 4.69) is 39.9 Å². The largest absolute Gasteiger partial charge is 0.543 e. The van der Waals surface area contributed by atoms with Gasteiger partial charge in [-0.1, -0.05) is 39.0 Å². The van der Waals surface area contributed by atoms with Crippen molar-refractivity contribution in [3.8, 4) is 11.8 Å². The van der Waals surface area contributed by atoms with Crippen molar-refractivity contribution < 1.29 is 4.43 Å². The predicted molar refractivity (Wildman–Crippen MR) is 73.6 cm³/mol. The molecule has 3 heteroatoms. The molecule has 0 spiro atoms. The molecule has 0 saturated carbocycles. The fraction of sp³-hybridized carbons (Fsp3) is 0.500. The molecule has 0 radical (unpaired) electrons. The van der Waals surface area contributed by atoms with Gasteiger partial charge in [-0.15, -0.1) is 0 Å². The lowest BCUT2D eigenvalue weighted by Crippen LogP contribution is -2.44. The number of nitrogens with zero attached hydrogens (tertiary/aromatic N) is 1. The van der Waals surface area contributed by atoms with Gasteiger partial charge in [0.1, 0.15) is 5.75 Å². The van der Waals surface area contributed by atoms with Gasteiger partial charge in [-0.05, 0) is 24.2 Å². The normalized spacial score (nSPS) is 12.0. The van der Waals surface area contributed by atoms with Crippen molar-refractivity contribution in [2.24, 2.45) is 0 Å². The Morgan fingerprint density at radius 2 is 1.82 bits per heavy atom. The molecule has 0 bridgehead atoms. The van der Waals surface area contributed by atoms with Gasteiger partial charge in [0, 0.05) is 5.56 Å². The van der Waals surface area contributed by atoms with Crippen LogP contribution in [0.3, 0.4) is 0 Å². The second-order valence-corrected chi connectivity index (χ2v) is 10.5. The molecule has 0 N–H and O–H groups in total. The fourth-order valence-electron chi connectivity index (χ4n) is 1.26. The number of nitriles is 1. The summed E-state index contributed by atoms with van der Waals surface area (Å²) in [4.78, 5) is 0. The van der Waals surface area contributed by atoms with Crippen molar-refractivity contribution >= 4 is 8.32 Å². The summed E-state index contributed by atoms with van der Waals surface area (Å²) in [7, 11) is -1.82. The van der Waals surface area contributed by atoms with Crippen molar-refractivity contribution in [3.05, 3.63) is 29.8 Å². The predicted octanol–water partition coefficient (Wildman–Crippen LogP) is 4.14. The van der Waals surface area contributed by atoms with Gasteiger partial charge in [0.15, 0.2) is 0 Å². The molecule has 1 rings (SSSR count). The highest BCUT2D eigenvalue weighted by Gasteiger charge is 2.39. The minimum absolute atomic E-state index is 0.173. The van der Waals surface area contributed by atoms with Crippen molar-refractivity contribution in [2.75, 3.05) is 0 Å². The van der Waals surface area contributed by atoms with E-state index in [1.807, 2.05) is 24.3 Å². The molecule has 0 heterocycles. The third-order valence-corrected chi connectivity index (χ3v) is 7.76. The summed E-state index contributed by atoms with van der Waals surface area (Å²) in [5.74, 6) is 0.876. The van der Waals surface area contributed by atoms with Crippen LogP contribution in [0.4, 0.5) is 0 Å². The lowest BCUT2D eigenvalue weighted by atomic mass is 10.1. The van der Waals surface area contributed by atoms with E-state index >= 15 is 0 Å². The molecule has 0 aliphatic rings. The van der Waals surface area contributed by atoms with E-state index in [1.165, 1.54) is 0 Å². The molecule has 2 nitrogen and oxygen atoms in total. The third kappa shape index (κ3) is 3.34. The van der Waals surface area contributed by atoms with E-state index in [1.54, 1.807) is 0 Å². The van der Waals surface area contributed by atoms with Gasteiger partial charge in [0.2, 0.25) is 8.32 Å². The van der Waals surface area contributed by atoms with Gasteiger partial charge in [0.05, 0.1) is 12.5 Å². The Labute approximate surface area is 105 Å². The Hall–Kier alpha value is -1.27. The first kappa shape index (κ1) is 13.8. The SMILES string of the molecule is CC(C)(C)[Si](C)(C)Oc1ccccc1CC#N. The van der Waals surface area contributed by atoms with Gasteiger partial charge in [-0.3, -0.25) is 0 Å². The van der Waals surface area contributed by atoms with Gasteiger partial charge in [0.25, 0.3) is 0 Å². The summed E-state index contributed by atoms with van der Waals surface area (Å²) < 4.78 is 6.24. The van der Waals surface area contributed by atoms with E-state index in [4.69, 9.17) is 9.69 Å². The Balaban J connectivity index is 3.00. The summed E-state index contributed by atoms with van der Waals surface area (Å²) in [6.45, 7) is 11.1. The van der Waals surface area contributed by atoms with Crippen LogP contribution < -0.4 is 4.43 Å². The number of rotatable bonds is 3. The second-order valence-electron chi connectivity index (χ2n) is 5.80. The zero-order chi connectivity index (χ0) is 13.1. The summed E-state index contributed by atoms with van der Waals surface area (Å²) in [5.41, 5.74) is 0.986. The van der Waals surface area contributed by atoms with Crippen LogP contribution in [-0.4, -0.2) is 8.32 Å². The van der Waals surface area contributed by atoms with Gasteiger partial charge >= 0.3 is 0 Å². The number of hydrogen-bond donors (Lipinski definition) is 0. The van der Waals surface area contributed by atoms with E-state index in [9.17, 15) is 0 Å². The Kier molecular flexibility index (Phi) is 4.00. The van der Waals surface area contributed by atoms with Gasteiger partial charge < -0.3 is 4.43 Å². The average molecular weight is 247 g/mol. The molecule has 0 amide bonds. The van der Waals surface area contributed by atoms with Crippen LogP contribution in [0.15, 0.2) is 24.3 Å².